The van der Waals surface area contributed by atoms with Crippen molar-refractivity contribution in [2.24, 2.45) is 0 Å². The van der Waals surface area contributed by atoms with Gasteiger partial charge in [-0.15, -0.1) is 0 Å². The van der Waals surface area contributed by atoms with Crippen LogP contribution in [0.1, 0.15) is 0 Å². The zero-order chi connectivity index (χ0) is 4.57. The van der Waals surface area contributed by atoms with E-state index in [-0.39, 0.29) is 51.4 Å². The maximum absolute atomic E-state index is 9.64. The van der Waals surface area contributed by atoms with Crippen LogP contribution in [0.2, 0.25) is 0 Å². The van der Waals surface area contributed by atoms with Crippen molar-refractivity contribution in [2.75, 3.05) is 6.61 Å². The van der Waals surface area contributed by atoms with Gasteiger partial charge in [0.2, 0.25) is 0 Å². The van der Waals surface area contributed by atoms with Crippen LogP contribution in [0.3, 0.4) is 0 Å². The number of hydrogen-bond donors (Lipinski definition) is 1. The molecule has 0 spiro atoms. The Balaban J connectivity index is 0.000000360. The van der Waals surface area contributed by atoms with Gasteiger partial charge in [0.15, 0.2) is 6.10 Å². The molecule has 1 aliphatic rings. The number of carboxylic acids is 1. The van der Waals surface area contributed by atoms with Crippen LogP contribution < -0.4 is 0 Å². The van der Waals surface area contributed by atoms with Crippen LogP contribution in [0, 0.1) is 0 Å². The fourth-order valence-corrected chi connectivity index (χ4v) is 0.191. The molecule has 36 valence electrons. The van der Waals surface area contributed by atoms with Crippen LogP contribution in [-0.4, -0.2) is 75.2 Å². The van der Waals surface area contributed by atoms with Gasteiger partial charge in [-0.1, -0.05) is 0 Å². The molecule has 0 radical (unpaired) electrons. The number of rotatable bonds is 1. The summed E-state index contributed by atoms with van der Waals surface area (Å²) in [5, 5.41) is 7.93. The third-order valence-electron chi connectivity index (χ3n) is 0.609. The molecule has 1 fully saturated rings. The number of ether oxygens (including phenoxy) is 1. The van der Waals surface area contributed by atoms with Gasteiger partial charge in [-0.2, -0.15) is 0 Å². The van der Waals surface area contributed by atoms with E-state index in [1.54, 1.807) is 0 Å². The zero-order valence-electron chi connectivity index (χ0n) is 3.05. The fourth-order valence-electron chi connectivity index (χ4n) is 0.191. The van der Waals surface area contributed by atoms with E-state index in [1.165, 1.54) is 0 Å². The molecule has 0 aliphatic carbocycles. The standard InChI is InChI=1S/C3H4O3.K.H/c4-3(5)2-1-6-2;;/h2H,1H2,(H,4,5);;/t2-;;/m1../s1. The Morgan fingerprint density at radius 2 is 2.29 bits per heavy atom. The summed E-state index contributed by atoms with van der Waals surface area (Å²) in [7, 11) is 0. The molecule has 0 aromatic heterocycles. The van der Waals surface area contributed by atoms with Gasteiger partial charge in [0.05, 0.1) is 6.61 Å². The van der Waals surface area contributed by atoms with Gasteiger partial charge in [0.25, 0.3) is 0 Å². The van der Waals surface area contributed by atoms with E-state index in [1.807, 2.05) is 0 Å². The summed E-state index contributed by atoms with van der Waals surface area (Å²) in [6, 6.07) is 0. The second kappa shape index (κ2) is 3.16. The van der Waals surface area contributed by atoms with Crippen LogP contribution >= 0.6 is 0 Å². The van der Waals surface area contributed by atoms with Crippen LogP contribution in [0.15, 0.2) is 0 Å². The van der Waals surface area contributed by atoms with Crippen LogP contribution in [0.25, 0.3) is 0 Å². The molecule has 0 saturated carbocycles. The van der Waals surface area contributed by atoms with Crippen molar-refractivity contribution in [1.82, 2.24) is 0 Å². The maximum atomic E-state index is 9.64. The summed E-state index contributed by atoms with van der Waals surface area (Å²) in [4.78, 5) is 9.64. The predicted molar refractivity (Wildman–Crippen MR) is 24.5 cm³/mol. The zero-order valence-corrected chi connectivity index (χ0v) is 3.05. The number of hydrogen-bond acceptors (Lipinski definition) is 2. The summed E-state index contributed by atoms with van der Waals surface area (Å²) < 4.78 is 4.37. The van der Waals surface area contributed by atoms with E-state index in [4.69, 9.17) is 5.11 Å². The van der Waals surface area contributed by atoms with Gasteiger partial charge in [-0.25, -0.2) is 4.79 Å². The Labute approximate surface area is 83.5 Å². The third kappa shape index (κ3) is 2.79. The summed E-state index contributed by atoms with van der Waals surface area (Å²) in [5.41, 5.74) is 0. The SMILES string of the molecule is O=C(O)[C@H]1CO1.[KH]. The van der Waals surface area contributed by atoms with Crippen molar-refractivity contribution in [2.45, 2.75) is 6.10 Å². The minimum atomic E-state index is -0.852. The molecule has 3 nitrogen and oxygen atoms in total. The first kappa shape index (κ1) is 8.07. The van der Waals surface area contributed by atoms with E-state index < -0.39 is 12.1 Å². The first-order valence-electron chi connectivity index (χ1n) is 1.65. The van der Waals surface area contributed by atoms with E-state index >= 15 is 0 Å². The van der Waals surface area contributed by atoms with Crippen LogP contribution in [0.4, 0.5) is 0 Å². The number of carbonyl (C=O) groups is 1. The van der Waals surface area contributed by atoms with Gasteiger partial charge in [0.1, 0.15) is 0 Å². The molecular weight excluding hydrogens is 123 g/mol. The fraction of sp³-hybridized carbons (Fsp3) is 0.667. The molecule has 1 N–H and O–H groups in total. The molecule has 1 heterocycles. The van der Waals surface area contributed by atoms with Gasteiger partial charge in [-0.3, -0.25) is 0 Å². The van der Waals surface area contributed by atoms with E-state index in [0.717, 1.165) is 0 Å². The molecule has 0 aromatic rings. The predicted octanol–water partition coefficient (Wildman–Crippen LogP) is -1.18. The Morgan fingerprint density at radius 1 is 1.86 bits per heavy atom. The molecule has 4 heteroatoms. The summed E-state index contributed by atoms with van der Waals surface area (Å²) in [6.07, 6.45) is -0.481. The Morgan fingerprint density at radius 3 is 2.29 bits per heavy atom. The number of aliphatic carboxylic acids is 1. The average molecular weight is 128 g/mol. The van der Waals surface area contributed by atoms with Crippen LogP contribution in [-0.2, 0) is 9.53 Å². The van der Waals surface area contributed by atoms with Crippen molar-refractivity contribution in [3.63, 3.8) is 0 Å². The van der Waals surface area contributed by atoms with Crippen molar-refractivity contribution in [1.29, 1.82) is 0 Å². The Hall–Kier alpha value is 1.07. The first-order chi connectivity index (χ1) is 2.80. The van der Waals surface area contributed by atoms with Gasteiger partial charge < -0.3 is 9.84 Å². The molecular formula is C3H5KO3. The normalized spacial score (nSPS) is 25.4. The monoisotopic (exact) mass is 128 g/mol. The summed E-state index contributed by atoms with van der Waals surface area (Å²) in [6.45, 7) is 0.398. The van der Waals surface area contributed by atoms with Gasteiger partial charge in [-0.05, 0) is 0 Å². The van der Waals surface area contributed by atoms with Crippen molar-refractivity contribution in [3.05, 3.63) is 0 Å². The number of carboxylic acid groups (broad SMARTS) is 1. The van der Waals surface area contributed by atoms with Crippen molar-refractivity contribution < 1.29 is 14.6 Å². The quantitative estimate of drug-likeness (QED) is 0.357. The van der Waals surface area contributed by atoms with Crippen LogP contribution in [0.5, 0.6) is 0 Å². The third-order valence-corrected chi connectivity index (χ3v) is 0.609. The molecule has 0 bridgehead atoms. The number of epoxide rings is 1. The Bertz CT molecular complexity index is 78.2. The molecule has 1 atom stereocenters. The molecule has 0 unspecified atom stereocenters. The first-order valence-corrected chi connectivity index (χ1v) is 1.65. The van der Waals surface area contributed by atoms with Gasteiger partial charge in [0, 0.05) is 0 Å². The summed E-state index contributed by atoms with van der Waals surface area (Å²) >= 11 is 0. The Kier molecular flexibility index (Phi) is 3.65. The topological polar surface area (TPSA) is 49.8 Å². The van der Waals surface area contributed by atoms with Gasteiger partial charge >= 0.3 is 57.4 Å². The summed E-state index contributed by atoms with van der Waals surface area (Å²) in [5.74, 6) is -0.852. The second-order valence-corrected chi connectivity index (χ2v) is 1.16. The van der Waals surface area contributed by atoms with Crippen molar-refractivity contribution in [3.8, 4) is 0 Å². The molecule has 0 aromatic carbocycles. The molecule has 1 saturated heterocycles. The molecule has 0 amide bonds. The molecule has 1 rings (SSSR count). The second-order valence-electron chi connectivity index (χ2n) is 1.16. The van der Waals surface area contributed by atoms with E-state index in [9.17, 15) is 4.79 Å². The van der Waals surface area contributed by atoms with Crippen molar-refractivity contribution >= 4 is 57.4 Å². The van der Waals surface area contributed by atoms with E-state index in [0.29, 0.717) is 6.61 Å². The molecule has 7 heavy (non-hydrogen) atoms. The minimum absolute atomic E-state index is 0. The molecule has 1 aliphatic heterocycles. The average Bonchev–Trinajstić information content (AvgIpc) is 2.06. The van der Waals surface area contributed by atoms with E-state index in [2.05, 4.69) is 4.74 Å².